The van der Waals surface area contributed by atoms with Gasteiger partial charge in [-0.15, -0.1) is 0 Å². The molecule has 0 saturated carbocycles. The second kappa shape index (κ2) is 5.82. The number of carbonyl (C=O) groups excluding carboxylic acids is 2. The molecule has 0 saturated heterocycles. The van der Waals surface area contributed by atoms with E-state index < -0.39 is 28.7 Å². The van der Waals surface area contributed by atoms with Gasteiger partial charge in [-0.3, -0.25) is 24.6 Å². The highest BCUT2D eigenvalue weighted by atomic mass is 19.1. The lowest BCUT2D eigenvalue weighted by Crippen LogP contribution is -2.33. The third-order valence-corrected chi connectivity index (χ3v) is 3.78. The molecule has 2 amide bonds. The summed E-state index contributed by atoms with van der Waals surface area (Å²) in [6.45, 7) is -0.328. The summed E-state index contributed by atoms with van der Waals surface area (Å²) in [5.74, 6) is -1.81. The first-order chi connectivity index (χ1) is 11.4. The van der Waals surface area contributed by atoms with E-state index >= 15 is 0 Å². The molecule has 1 aliphatic heterocycles. The minimum atomic E-state index is -1.19. The maximum absolute atomic E-state index is 12.9. The molecule has 7 nitrogen and oxygen atoms in total. The fraction of sp³-hybridized carbons (Fsp3) is 0.125. The van der Waals surface area contributed by atoms with Gasteiger partial charge in [-0.25, -0.2) is 4.39 Å². The van der Waals surface area contributed by atoms with Crippen molar-refractivity contribution in [3.05, 3.63) is 75.1 Å². The summed E-state index contributed by atoms with van der Waals surface area (Å²) in [5.41, 5.74) is 0.0344. The number of β-amino-alcohol motifs (C(OH)–C–C–N with tert-alkyl or cyclic N) is 1. The molecule has 0 bridgehead atoms. The number of aliphatic hydroxyl groups excluding tert-OH is 1. The van der Waals surface area contributed by atoms with E-state index in [1.807, 2.05) is 0 Å². The van der Waals surface area contributed by atoms with Crippen molar-refractivity contribution in [2.45, 2.75) is 6.10 Å². The summed E-state index contributed by atoms with van der Waals surface area (Å²) in [6, 6.07) is 8.42. The van der Waals surface area contributed by atoms with E-state index in [4.69, 9.17) is 0 Å². The quantitative estimate of drug-likeness (QED) is 0.525. The number of nitrogens with zero attached hydrogens (tertiary/aromatic N) is 2. The Morgan fingerprint density at radius 3 is 2.33 bits per heavy atom. The van der Waals surface area contributed by atoms with Crippen LogP contribution in [0.4, 0.5) is 10.1 Å². The van der Waals surface area contributed by atoms with Crippen LogP contribution in [-0.4, -0.2) is 33.3 Å². The second-order valence-corrected chi connectivity index (χ2v) is 5.28. The van der Waals surface area contributed by atoms with Crippen molar-refractivity contribution >= 4 is 17.5 Å². The molecule has 0 spiro atoms. The van der Waals surface area contributed by atoms with Crippen molar-refractivity contribution in [1.29, 1.82) is 0 Å². The van der Waals surface area contributed by atoms with Gasteiger partial charge in [-0.2, -0.15) is 0 Å². The molecule has 8 heteroatoms. The van der Waals surface area contributed by atoms with Gasteiger partial charge in [0.05, 0.1) is 28.7 Å². The molecular weight excluding hydrogens is 319 g/mol. The first-order valence-electron chi connectivity index (χ1n) is 6.96. The topological polar surface area (TPSA) is 101 Å². The van der Waals surface area contributed by atoms with E-state index in [0.717, 1.165) is 29.2 Å². The Bertz CT molecular complexity index is 850. The zero-order valence-electron chi connectivity index (χ0n) is 12.2. The average Bonchev–Trinajstić information content (AvgIpc) is 2.80. The number of hydrogen-bond acceptors (Lipinski definition) is 5. The number of hydrogen-bond donors (Lipinski definition) is 1. The Balaban J connectivity index is 1.85. The minimum Gasteiger partial charge on any atom is -0.387 e. The molecule has 24 heavy (non-hydrogen) atoms. The number of aliphatic hydroxyl groups is 1. The minimum absolute atomic E-state index is 0.0527. The highest BCUT2D eigenvalue weighted by molar-refractivity contribution is 6.21. The van der Waals surface area contributed by atoms with E-state index in [1.165, 1.54) is 18.2 Å². The molecule has 0 unspecified atom stereocenters. The maximum atomic E-state index is 12.9. The zero-order chi connectivity index (χ0) is 17.4. The smallest absolute Gasteiger partial charge is 0.270 e. The summed E-state index contributed by atoms with van der Waals surface area (Å²) in [4.78, 5) is 35.5. The van der Waals surface area contributed by atoms with Crippen LogP contribution in [0.15, 0.2) is 42.5 Å². The van der Waals surface area contributed by atoms with Crippen LogP contribution >= 0.6 is 0 Å². The van der Waals surface area contributed by atoms with Crippen LogP contribution in [0, 0.1) is 15.9 Å². The molecule has 0 aliphatic carbocycles. The molecule has 122 valence electrons. The molecule has 2 aromatic rings. The van der Waals surface area contributed by atoms with Gasteiger partial charge in [0.15, 0.2) is 0 Å². The molecule has 1 heterocycles. The predicted molar refractivity (Wildman–Crippen MR) is 79.8 cm³/mol. The third-order valence-electron chi connectivity index (χ3n) is 3.78. The number of halogens is 1. The van der Waals surface area contributed by atoms with Crippen LogP contribution in [0.25, 0.3) is 0 Å². The lowest BCUT2D eigenvalue weighted by molar-refractivity contribution is -0.384. The Labute approximate surface area is 135 Å². The number of carbonyl (C=O) groups is 2. The number of imide groups is 1. The number of non-ortho nitro benzene ring substituents is 1. The Hall–Kier alpha value is -3.13. The van der Waals surface area contributed by atoms with Crippen molar-refractivity contribution in [3.8, 4) is 0 Å². The van der Waals surface area contributed by atoms with E-state index in [1.54, 1.807) is 0 Å². The van der Waals surface area contributed by atoms with E-state index in [9.17, 15) is 29.2 Å². The summed E-state index contributed by atoms with van der Waals surface area (Å²) in [6.07, 6.45) is -1.19. The zero-order valence-corrected chi connectivity index (χ0v) is 12.2. The first-order valence-corrected chi connectivity index (χ1v) is 6.96. The highest BCUT2D eigenvalue weighted by Gasteiger charge is 2.37. The van der Waals surface area contributed by atoms with Crippen LogP contribution < -0.4 is 0 Å². The SMILES string of the molecule is O=C1c2ccc([N+](=O)[O-])cc2C(=O)N1C[C@@H](O)c1ccc(F)cc1. The normalized spacial score (nSPS) is 14.7. The Kier molecular flexibility index (Phi) is 3.82. The fourth-order valence-corrected chi connectivity index (χ4v) is 2.52. The van der Waals surface area contributed by atoms with E-state index in [0.29, 0.717) is 5.56 Å². The summed E-state index contributed by atoms with van der Waals surface area (Å²) >= 11 is 0. The molecule has 1 atom stereocenters. The number of amides is 2. The van der Waals surface area contributed by atoms with Crippen LogP contribution in [0.3, 0.4) is 0 Å². The van der Waals surface area contributed by atoms with Crippen molar-refractivity contribution in [3.63, 3.8) is 0 Å². The highest BCUT2D eigenvalue weighted by Crippen LogP contribution is 2.28. The van der Waals surface area contributed by atoms with Crippen LogP contribution in [0.5, 0.6) is 0 Å². The number of nitro groups is 1. The summed E-state index contributed by atoms with van der Waals surface area (Å²) < 4.78 is 12.9. The fourth-order valence-electron chi connectivity index (χ4n) is 2.52. The van der Waals surface area contributed by atoms with Crippen LogP contribution in [0.1, 0.15) is 32.4 Å². The van der Waals surface area contributed by atoms with Gasteiger partial charge in [0.2, 0.25) is 0 Å². The lowest BCUT2D eigenvalue weighted by atomic mass is 10.1. The summed E-state index contributed by atoms with van der Waals surface area (Å²) in [7, 11) is 0. The van der Waals surface area contributed by atoms with E-state index in [2.05, 4.69) is 0 Å². The van der Waals surface area contributed by atoms with Crippen molar-refractivity contribution in [1.82, 2.24) is 4.90 Å². The Morgan fingerprint density at radius 1 is 1.08 bits per heavy atom. The van der Waals surface area contributed by atoms with Crippen molar-refractivity contribution < 1.29 is 24.0 Å². The largest absolute Gasteiger partial charge is 0.387 e. The van der Waals surface area contributed by atoms with Gasteiger partial charge in [-0.05, 0) is 23.8 Å². The van der Waals surface area contributed by atoms with Crippen LogP contribution in [0.2, 0.25) is 0 Å². The van der Waals surface area contributed by atoms with Crippen LogP contribution in [-0.2, 0) is 0 Å². The molecule has 0 aromatic heterocycles. The molecule has 0 radical (unpaired) electrons. The third kappa shape index (κ3) is 2.63. The van der Waals surface area contributed by atoms with Gasteiger partial charge >= 0.3 is 0 Å². The number of fused-ring (bicyclic) bond motifs is 1. The maximum Gasteiger partial charge on any atom is 0.270 e. The first kappa shape index (κ1) is 15.8. The molecule has 2 aromatic carbocycles. The van der Waals surface area contributed by atoms with Gasteiger partial charge in [0, 0.05) is 12.1 Å². The lowest BCUT2D eigenvalue weighted by Gasteiger charge is -2.18. The van der Waals surface area contributed by atoms with Gasteiger partial charge < -0.3 is 5.11 Å². The summed E-state index contributed by atoms with van der Waals surface area (Å²) in [5, 5.41) is 20.9. The van der Waals surface area contributed by atoms with E-state index in [-0.39, 0.29) is 23.4 Å². The van der Waals surface area contributed by atoms with Crippen molar-refractivity contribution in [2.24, 2.45) is 0 Å². The average molecular weight is 330 g/mol. The van der Waals surface area contributed by atoms with Gasteiger partial charge in [-0.1, -0.05) is 12.1 Å². The molecular formula is C16H11FN2O5. The molecule has 0 fully saturated rings. The van der Waals surface area contributed by atoms with Crippen molar-refractivity contribution in [2.75, 3.05) is 6.54 Å². The number of benzene rings is 2. The number of nitro benzene ring substituents is 1. The van der Waals surface area contributed by atoms with Gasteiger partial charge in [0.1, 0.15) is 5.82 Å². The van der Waals surface area contributed by atoms with Gasteiger partial charge in [0.25, 0.3) is 17.5 Å². The molecule has 1 N–H and O–H groups in total. The number of rotatable bonds is 4. The monoisotopic (exact) mass is 330 g/mol. The standard InChI is InChI=1S/C16H11FN2O5/c17-10-3-1-9(2-4-10)14(20)8-18-15(21)12-6-5-11(19(23)24)7-13(12)16(18)22/h1-7,14,20H,8H2/t14-/m1/s1. The second-order valence-electron chi connectivity index (χ2n) is 5.28. The molecule has 1 aliphatic rings. The predicted octanol–water partition coefficient (Wildman–Crippen LogP) is 2.06. The molecule has 3 rings (SSSR count). The Morgan fingerprint density at radius 2 is 1.71 bits per heavy atom.